The first-order valence-electron chi connectivity index (χ1n) is 8.55. The van der Waals surface area contributed by atoms with E-state index < -0.39 is 0 Å². The quantitative estimate of drug-likeness (QED) is 0.778. The first kappa shape index (κ1) is 15.3. The highest BCUT2D eigenvalue weighted by Gasteiger charge is 2.43. The lowest BCUT2D eigenvalue weighted by molar-refractivity contribution is -0.0209. The van der Waals surface area contributed by atoms with Crippen LogP contribution in [0.4, 0.5) is 0 Å². The number of piperazine rings is 1. The van der Waals surface area contributed by atoms with Crippen molar-refractivity contribution in [1.29, 1.82) is 0 Å². The summed E-state index contributed by atoms with van der Waals surface area (Å²) >= 11 is 0. The Morgan fingerprint density at radius 2 is 1.63 bits per heavy atom. The minimum Gasteiger partial charge on any atom is -0.308 e. The summed E-state index contributed by atoms with van der Waals surface area (Å²) in [5, 5.41) is 3.83. The lowest BCUT2D eigenvalue weighted by Gasteiger charge is -2.55. The standard InChI is InChI=1S/C17H34N2/c1-5-16(3)14-19(17(4,6-2)13-18-16)15-11-9-7-8-10-12-15/h15,18H,5-14H2,1-4H3. The van der Waals surface area contributed by atoms with E-state index in [0.717, 1.165) is 12.6 Å². The van der Waals surface area contributed by atoms with Gasteiger partial charge < -0.3 is 5.32 Å². The fourth-order valence-corrected chi connectivity index (χ4v) is 3.83. The molecule has 2 nitrogen and oxygen atoms in total. The van der Waals surface area contributed by atoms with Gasteiger partial charge in [-0.2, -0.15) is 0 Å². The minimum absolute atomic E-state index is 0.320. The Bertz CT molecular complexity index is 283. The third-order valence-electron chi connectivity index (χ3n) is 5.92. The third kappa shape index (κ3) is 3.33. The Morgan fingerprint density at radius 1 is 1.00 bits per heavy atom. The van der Waals surface area contributed by atoms with E-state index >= 15 is 0 Å². The van der Waals surface area contributed by atoms with Gasteiger partial charge in [-0.05, 0) is 39.5 Å². The second-order valence-corrected chi connectivity index (χ2v) is 7.39. The van der Waals surface area contributed by atoms with Crippen molar-refractivity contribution in [2.45, 2.75) is 96.2 Å². The van der Waals surface area contributed by atoms with E-state index in [9.17, 15) is 0 Å². The van der Waals surface area contributed by atoms with E-state index in [1.807, 2.05) is 0 Å². The zero-order valence-corrected chi connectivity index (χ0v) is 13.6. The average Bonchev–Trinajstić information content (AvgIpc) is 2.71. The summed E-state index contributed by atoms with van der Waals surface area (Å²) < 4.78 is 0. The fraction of sp³-hybridized carbons (Fsp3) is 1.00. The van der Waals surface area contributed by atoms with Crippen LogP contribution >= 0.6 is 0 Å². The molecule has 112 valence electrons. The summed E-state index contributed by atoms with van der Waals surface area (Å²) in [6, 6.07) is 0.834. The van der Waals surface area contributed by atoms with Crippen LogP contribution in [0, 0.1) is 0 Å². The molecule has 0 aromatic heterocycles. The summed E-state index contributed by atoms with van der Waals surface area (Å²) in [4.78, 5) is 2.89. The van der Waals surface area contributed by atoms with Gasteiger partial charge in [0.05, 0.1) is 0 Å². The molecule has 0 spiro atoms. The van der Waals surface area contributed by atoms with Gasteiger partial charge in [0.1, 0.15) is 0 Å². The molecule has 1 aliphatic carbocycles. The molecule has 1 saturated heterocycles. The molecule has 2 heteroatoms. The van der Waals surface area contributed by atoms with Gasteiger partial charge in [0, 0.05) is 30.2 Å². The maximum Gasteiger partial charge on any atom is 0.0307 e. The molecule has 2 fully saturated rings. The van der Waals surface area contributed by atoms with E-state index in [2.05, 4.69) is 37.9 Å². The van der Waals surface area contributed by atoms with Gasteiger partial charge in [-0.25, -0.2) is 0 Å². The van der Waals surface area contributed by atoms with E-state index in [1.165, 1.54) is 57.9 Å². The number of hydrogen-bond acceptors (Lipinski definition) is 2. The molecule has 1 heterocycles. The SMILES string of the molecule is CCC1(C)CN(C2CCCCCC2)C(C)(CC)CN1. The smallest absolute Gasteiger partial charge is 0.0307 e. The molecule has 2 atom stereocenters. The highest BCUT2D eigenvalue weighted by Crippen LogP contribution is 2.34. The number of rotatable bonds is 3. The Morgan fingerprint density at radius 3 is 2.16 bits per heavy atom. The molecule has 1 saturated carbocycles. The third-order valence-corrected chi connectivity index (χ3v) is 5.92. The molecular formula is C17H34N2. The second-order valence-electron chi connectivity index (χ2n) is 7.39. The van der Waals surface area contributed by atoms with Gasteiger partial charge in [0.25, 0.3) is 0 Å². The molecule has 19 heavy (non-hydrogen) atoms. The second kappa shape index (κ2) is 6.13. The molecular weight excluding hydrogens is 232 g/mol. The van der Waals surface area contributed by atoms with Crippen LogP contribution in [0.15, 0.2) is 0 Å². The maximum absolute atomic E-state index is 3.83. The van der Waals surface area contributed by atoms with Crippen LogP contribution in [0.25, 0.3) is 0 Å². The van der Waals surface area contributed by atoms with E-state index in [0.29, 0.717) is 11.1 Å². The molecule has 0 aromatic rings. The minimum atomic E-state index is 0.320. The summed E-state index contributed by atoms with van der Waals surface area (Å²) in [6.07, 6.45) is 11.1. The van der Waals surface area contributed by atoms with Crippen molar-refractivity contribution in [3.63, 3.8) is 0 Å². The van der Waals surface area contributed by atoms with Crippen molar-refractivity contribution in [3.05, 3.63) is 0 Å². The van der Waals surface area contributed by atoms with Gasteiger partial charge in [-0.15, -0.1) is 0 Å². The first-order chi connectivity index (χ1) is 9.03. The van der Waals surface area contributed by atoms with Crippen molar-refractivity contribution >= 4 is 0 Å². The zero-order chi connectivity index (χ0) is 13.9. The Hall–Kier alpha value is -0.0800. The van der Waals surface area contributed by atoms with Crippen molar-refractivity contribution in [3.8, 4) is 0 Å². The first-order valence-corrected chi connectivity index (χ1v) is 8.55. The maximum atomic E-state index is 3.83. The van der Waals surface area contributed by atoms with Crippen LogP contribution in [0.1, 0.15) is 79.1 Å². The van der Waals surface area contributed by atoms with Gasteiger partial charge in [0.15, 0.2) is 0 Å². The van der Waals surface area contributed by atoms with Crippen molar-refractivity contribution in [1.82, 2.24) is 10.2 Å². The van der Waals surface area contributed by atoms with Gasteiger partial charge in [0.2, 0.25) is 0 Å². The highest BCUT2D eigenvalue weighted by molar-refractivity contribution is 5.02. The van der Waals surface area contributed by atoms with Crippen molar-refractivity contribution in [2.75, 3.05) is 13.1 Å². The highest BCUT2D eigenvalue weighted by atomic mass is 15.3. The molecule has 1 N–H and O–H groups in total. The van der Waals surface area contributed by atoms with Crippen LogP contribution < -0.4 is 5.32 Å². The molecule has 2 unspecified atom stereocenters. The zero-order valence-electron chi connectivity index (χ0n) is 13.6. The summed E-state index contributed by atoms with van der Waals surface area (Å²) in [5.74, 6) is 0. The predicted molar refractivity (Wildman–Crippen MR) is 83.6 cm³/mol. The molecule has 0 amide bonds. The molecule has 0 radical (unpaired) electrons. The predicted octanol–water partition coefficient (Wildman–Crippen LogP) is 3.95. The normalized spacial score (nSPS) is 39.2. The largest absolute Gasteiger partial charge is 0.308 e. The summed E-state index contributed by atoms with van der Waals surface area (Å²) in [5.41, 5.74) is 0.685. The van der Waals surface area contributed by atoms with Crippen LogP contribution in [-0.2, 0) is 0 Å². The Balaban J connectivity index is 2.15. The van der Waals surface area contributed by atoms with E-state index in [4.69, 9.17) is 0 Å². The number of nitrogens with zero attached hydrogens (tertiary/aromatic N) is 1. The fourth-order valence-electron chi connectivity index (χ4n) is 3.83. The molecule has 2 aliphatic rings. The van der Waals surface area contributed by atoms with Crippen molar-refractivity contribution < 1.29 is 0 Å². The Kier molecular flexibility index (Phi) is 4.94. The molecule has 1 aliphatic heterocycles. The van der Waals surface area contributed by atoms with Crippen LogP contribution in [0.2, 0.25) is 0 Å². The molecule has 2 rings (SSSR count). The lowest BCUT2D eigenvalue weighted by Crippen LogP contribution is -2.69. The number of nitrogens with one attached hydrogen (secondary N) is 1. The Labute approximate surface area is 120 Å². The van der Waals surface area contributed by atoms with Gasteiger partial charge in [-0.3, -0.25) is 4.90 Å². The summed E-state index contributed by atoms with van der Waals surface area (Å²) in [7, 11) is 0. The topological polar surface area (TPSA) is 15.3 Å². The van der Waals surface area contributed by atoms with Crippen LogP contribution in [-0.4, -0.2) is 35.1 Å². The van der Waals surface area contributed by atoms with Gasteiger partial charge in [-0.1, -0.05) is 39.5 Å². The number of hydrogen-bond donors (Lipinski definition) is 1. The lowest BCUT2D eigenvalue weighted by atomic mass is 9.83. The van der Waals surface area contributed by atoms with Crippen LogP contribution in [0.3, 0.4) is 0 Å². The monoisotopic (exact) mass is 266 g/mol. The molecule has 0 aromatic carbocycles. The molecule has 0 bridgehead atoms. The van der Waals surface area contributed by atoms with E-state index in [1.54, 1.807) is 0 Å². The van der Waals surface area contributed by atoms with E-state index in [-0.39, 0.29) is 0 Å². The van der Waals surface area contributed by atoms with Gasteiger partial charge >= 0.3 is 0 Å². The van der Waals surface area contributed by atoms with Crippen molar-refractivity contribution in [2.24, 2.45) is 0 Å². The van der Waals surface area contributed by atoms with Crippen LogP contribution in [0.5, 0.6) is 0 Å². The average molecular weight is 266 g/mol. The summed E-state index contributed by atoms with van der Waals surface area (Å²) in [6.45, 7) is 12.0.